The molecule has 1 aromatic carbocycles. The minimum atomic E-state index is -0.0959. The van der Waals surface area contributed by atoms with Gasteiger partial charge in [-0.15, -0.1) is 0 Å². The summed E-state index contributed by atoms with van der Waals surface area (Å²) >= 11 is 0. The number of rotatable bonds is 1. The van der Waals surface area contributed by atoms with Crippen molar-refractivity contribution in [1.29, 1.82) is 0 Å². The van der Waals surface area contributed by atoms with Crippen LogP contribution in [0.5, 0.6) is 0 Å². The molecule has 0 unspecified atom stereocenters. The van der Waals surface area contributed by atoms with Crippen LogP contribution in [0, 0.1) is 35.5 Å². The fourth-order valence-electron chi connectivity index (χ4n) is 4.79. The Hall–Kier alpha value is -1.90. The zero-order valence-corrected chi connectivity index (χ0v) is 11.0. The van der Waals surface area contributed by atoms with Crippen molar-refractivity contribution in [2.45, 2.75) is 6.42 Å². The molecule has 6 rings (SSSR count). The van der Waals surface area contributed by atoms with E-state index in [1.165, 1.54) is 11.3 Å². The molecule has 5 aliphatic rings. The second kappa shape index (κ2) is 3.40. The Morgan fingerprint density at radius 2 is 1.40 bits per heavy atom. The fraction of sp³-hybridized carbons (Fsp3) is 0.412. The highest BCUT2D eigenvalue weighted by Gasteiger charge is 2.67. The van der Waals surface area contributed by atoms with Crippen LogP contribution in [0.3, 0.4) is 0 Å². The van der Waals surface area contributed by atoms with Gasteiger partial charge in [0.1, 0.15) is 0 Å². The molecule has 0 aromatic heterocycles. The predicted octanol–water partition coefficient (Wildman–Crippen LogP) is 2.24. The van der Waals surface area contributed by atoms with Crippen LogP contribution in [0.2, 0.25) is 0 Å². The summed E-state index contributed by atoms with van der Waals surface area (Å²) in [6, 6.07) is 9.36. The third-order valence-corrected chi connectivity index (χ3v) is 5.68. The molecule has 4 aliphatic carbocycles. The lowest BCUT2D eigenvalue weighted by molar-refractivity contribution is -0.124. The second-order valence-corrected chi connectivity index (χ2v) is 6.50. The quantitative estimate of drug-likeness (QED) is 0.577. The number of amides is 2. The number of hydrogen-bond acceptors (Lipinski definition) is 2. The van der Waals surface area contributed by atoms with Gasteiger partial charge in [0.05, 0.1) is 17.5 Å². The molecule has 0 spiro atoms. The van der Waals surface area contributed by atoms with Crippen molar-refractivity contribution in [3.63, 3.8) is 0 Å². The minimum absolute atomic E-state index is 0.0240. The highest BCUT2D eigenvalue weighted by atomic mass is 16.2. The monoisotopic (exact) mass is 265 g/mol. The van der Waals surface area contributed by atoms with E-state index >= 15 is 0 Å². The van der Waals surface area contributed by atoms with Gasteiger partial charge >= 0.3 is 0 Å². The van der Waals surface area contributed by atoms with Gasteiger partial charge in [0.25, 0.3) is 0 Å². The lowest BCUT2D eigenvalue weighted by Crippen LogP contribution is -2.40. The van der Waals surface area contributed by atoms with Crippen LogP contribution in [-0.4, -0.2) is 11.8 Å². The third kappa shape index (κ3) is 1.13. The molecule has 1 saturated heterocycles. The van der Waals surface area contributed by atoms with Crippen molar-refractivity contribution in [3.8, 4) is 0 Å². The van der Waals surface area contributed by atoms with E-state index in [9.17, 15) is 9.59 Å². The topological polar surface area (TPSA) is 37.4 Å². The number of anilines is 1. The molecule has 1 aromatic rings. The fourth-order valence-corrected chi connectivity index (χ4v) is 4.79. The van der Waals surface area contributed by atoms with E-state index in [0.29, 0.717) is 23.7 Å². The molecule has 3 fully saturated rings. The van der Waals surface area contributed by atoms with E-state index in [1.807, 2.05) is 30.3 Å². The molecule has 3 heteroatoms. The zero-order chi connectivity index (χ0) is 13.4. The Kier molecular flexibility index (Phi) is 1.84. The molecule has 0 N–H and O–H groups in total. The van der Waals surface area contributed by atoms with Gasteiger partial charge in [-0.05, 0) is 42.2 Å². The van der Waals surface area contributed by atoms with E-state index in [4.69, 9.17) is 0 Å². The van der Waals surface area contributed by atoms with Gasteiger partial charge in [0, 0.05) is 0 Å². The van der Waals surface area contributed by atoms with E-state index < -0.39 is 0 Å². The Morgan fingerprint density at radius 3 is 1.95 bits per heavy atom. The largest absolute Gasteiger partial charge is 0.274 e. The summed E-state index contributed by atoms with van der Waals surface area (Å²) in [5, 5.41) is 0. The van der Waals surface area contributed by atoms with Crippen molar-refractivity contribution in [1.82, 2.24) is 0 Å². The molecule has 0 radical (unpaired) electrons. The van der Waals surface area contributed by atoms with Crippen molar-refractivity contribution in [2.24, 2.45) is 35.5 Å². The van der Waals surface area contributed by atoms with Crippen LogP contribution < -0.4 is 4.90 Å². The predicted molar refractivity (Wildman–Crippen MR) is 73.6 cm³/mol. The Morgan fingerprint density at radius 1 is 0.850 bits per heavy atom. The molecular weight excluding hydrogens is 250 g/mol. The first kappa shape index (κ1) is 10.8. The number of para-hydroxylation sites is 1. The highest BCUT2D eigenvalue weighted by Crippen LogP contribution is 2.65. The Balaban J connectivity index is 1.61. The standard InChI is InChI=1S/C17H15NO2/c19-16-14-10-6-7-11(13-8-12(10)13)15(14)17(20)18(16)9-4-2-1-3-5-9/h1-7,10-15H,8H2/t10-,11+,12-,13-,14+,15+/m1/s1. The number of benzene rings is 1. The molecule has 2 bridgehead atoms. The van der Waals surface area contributed by atoms with E-state index in [2.05, 4.69) is 12.2 Å². The van der Waals surface area contributed by atoms with E-state index in [0.717, 1.165) is 5.69 Å². The van der Waals surface area contributed by atoms with Crippen LogP contribution in [-0.2, 0) is 9.59 Å². The van der Waals surface area contributed by atoms with E-state index in [1.54, 1.807) is 0 Å². The van der Waals surface area contributed by atoms with Crippen molar-refractivity contribution >= 4 is 17.5 Å². The molecule has 3 nitrogen and oxygen atoms in total. The number of nitrogens with zero attached hydrogens (tertiary/aromatic N) is 1. The Labute approximate surface area is 117 Å². The van der Waals surface area contributed by atoms with Crippen LogP contribution in [0.1, 0.15) is 6.42 Å². The Bertz CT molecular complexity index is 614. The van der Waals surface area contributed by atoms with Gasteiger partial charge in [0.15, 0.2) is 0 Å². The molecule has 6 atom stereocenters. The van der Waals surface area contributed by atoms with Gasteiger partial charge in [0.2, 0.25) is 11.8 Å². The minimum Gasteiger partial charge on any atom is -0.274 e. The van der Waals surface area contributed by atoms with Crippen LogP contribution in [0.25, 0.3) is 0 Å². The molecule has 1 heterocycles. The summed E-state index contributed by atoms with van der Waals surface area (Å²) in [5.74, 6) is 1.80. The first-order valence-corrected chi connectivity index (χ1v) is 7.38. The first-order valence-electron chi connectivity index (χ1n) is 7.38. The molecular formula is C17H15NO2. The maximum absolute atomic E-state index is 12.8. The summed E-state index contributed by atoms with van der Waals surface area (Å²) < 4.78 is 0. The average Bonchev–Trinajstić information content (AvgIpc) is 3.25. The number of allylic oxidation sites excluding steroid dienone is 2. The maximum Gasteiger partial charge on any atom is 0.238 e. The number of hydrogen-bond donors (Lipinski definition) is 0. The normalized spacial score (nSPS) is 43.7. The van der Waals surface area contributed by atoms with Gasteiger partial charge < -0.3 is 0 Å². The highest BCUT2D eigenvalue weighted by molar-refractivity contribution is 6.22. The molecule has 20 heavy (non-hydrogen) atoms. The summed E-state index contributed by atoms with van der Waals surface area (Å²) in [4.78, 5) is 27.0. The van der Waals surface area contributed by atoms with Crippen LogP contribution >= 0.6 is 0 Å². The van der Waals surface area contributed by atoms with Gasteiger partial charge in [-0.3, -0.25) is 14.5 Å². The number of carbonyl (C=O) groups excluding carboxylic acids is 2. The number of imide groups is 1. The smallest absolute Gasteiger partial charge is 0.238 e. The lowest BCUT2D eigenvalue weighted by atomic mass is 9.63. The van der Waals surface area contributed by atoms with Crippen LogP contribution in [0.4, 0.5) is 5.69 Å². The van der Waals surface area contributed by atoms with Crippen molar-refractivity contribution in [2.75, 3.05) is 4.90 Å². The average molecular weight is 265 g/mol. The lowest BCUT2D eigenvalue weighted by Gasteiger charge is -2.37. The molecule has 100 valence electrons. The second-order valence-electron chi connectivity index (χ2n) is 6.50. The SMILES string of the molecule is O=C1[C@H]2[C@@H]3C=C[C@@H]([C@H]4C[C@H]34)[C@@H]2C(=O)N1c1ccccc1. The summed E-state index contributed by atoms with van der Waals surface area (Å²) in [6.07, 6.45) is 5.63. The number of carbonyl (C=O) groups is 2. The summed E-state index contributed by atoms with van der Waals surface area (Å²) in [6.45, 7) is 0. The summed E-state index contributed by atoms with van der Waals surface area (Å²) in [7, 11) is 0. The molecule has 1 aliphatic heterocycles. The zero-order valence-electron chi connectivity index (χ0n) is 11.0. The van der Waals surface area contributed by atoms with Crippen molar-refractivity contribution in [3.05, 3.63) is 42.5 Å². The van der Waals surface area contributed by atoms with Gasteiger partial charge in [-0.2, -0.15) is 0 Å². The maximum atomic E-state index is 12.8. The van der Waals surface area contributed by atoms with Crippen LogP contribution in [0.15, 0.2) is 42.5 Å². The van der Waals surface area contributed by atoms with Crippen molar-refractivity contribution < 1.29 is 9.59 Å². The first-order chi connectivity index (χ1) is 9.77. The molecule has 2 saturated carbocycles. The van der Waals surface area contributed by atoms with Gasteiger partial charge in [-0.25, -0.2) is 0 Å². The van der Waals surface area contributed by atoms with E-state index in [-0.39, 0.29) is 23.7 Å². The molecule has 2 amide bonds. The third-order valence-electron chi connectivity index (χ3n) is 5.68. The summed E-state index contributed by atoms with van der Waals surface area (Å²) in [5.41, 5.74) is 0.727. The van der Waals surface area contributed by atoms with Gasteiger partial charge in [-0.1, -0.05) is 30.4 Å².